The van der Waals surface area contributed by atoms with Gasteiger partial charge in [-0.3, -0.25) is 9.78 Å². The van der Waals surface area contributed by atoms with Gasteiger partial charge in [-0.15, -0.1) is 0 Å². The summed E-state index contributed by atoms with van der Waals surface area (Å²) >= 11 is 0. The van der Waals surface area contributed by atoms with E-state index >= 15 is 0 Å². The minimum Gasteiger partial charge on any atom is -0.472 e. The third-order valence-corrected chi connectivity index (χ3v) is 3.38. The van der Waals surface area contributed by atoms with Crippen LogP contribution in [-0.2, 0) is 0 Å². The zero-order valence-electron chi connectivity index (χ0n) is 10.5. The second kappa shape index (κ2) is 4.89. The molecule has 1 aliphatic heterocycles. The molecule has 0 bridgehead atoms. The minimum atomic E-state index is -0.162. The molecule has 1 atom stereocenters. The maximum absolute atomic E-state index is 12.1. The van der Waals surface area contributed by atoms with E-state index in [9.17, 15) is 4.79 Å². The molecule has 0 aliphatic carbocycles. The molecule has 0 saturated carbocycles. The molecule has 6 heteroatoms. The monoisotopic (exact) mass is 260 g/mol. The van der Waals surface area contributed by atoms with E-state index < -0.39 is 0 Å². The first-order valence-electron chi connectivity index (χ1n) is 6.36. The molecule has 1 saturated heterocycles. The normalized spacial score (nSPS) is 19.6. The topological polar surface area (TPSA) is 88.2 Å². The van der Waals surface area contributed by atoms with Crippen LogP contribution in [0.4, 0.5) is 5.95 Å². The number of aromatic amines is 1. The molecule has 0 radical (unpaired) electrons. The Hall–Kier alpha value is -2.08. The van der Waals surface area contributed by atoms with Crippen LogP contribution in [0.2, 0.25) is 0 Å². The van der Waals surface area contributed by atoms with Crippen molar-refractivity contribution >= 4 is 5.95 Å². The van der Waals surface area contributed by atoms with Gasteiger partial charge in [0.15, 0.2) is 0 Å². The SMILES string of the molecule is N[C@@H]1CCCN(c2ncc(-c3ccoc3)c(=O)[nH]2)C1. The van der Waals surface area contributed by atoms with E-state index in [1.165, 1.54) is 12.5 Å². The number of hydrogen-bond acceptors (Lipinski definition) is 5. The summed E-state index contributed by atoms with van der Waals surface area (Å²) in [5.74, 6) is 0.590. The van der Waals surface area contributed by atoms with Crippen molar-refractivity contribution in [3.63, 3.8) is 0 Å². The summed E-state index contributed by atoms with van der Waals surface area (Å²) in [4.78, 5) is 21.2. The van der Waals surface area contributed by atoms with Crippen molar-refractivity contribution in [2.24, 2.45) is 5.73 Å². The summed E-state index contributed by atoms with van der Waals surface area (Å²) in [6.07, 6.45) is 6.69. The van der Waals surface area contributed by atoms with Gasteiger partial charge in [0.2, 0.25) is 5.95 Å². The number of furan rings is 1. The molecule has 3 heterocycles. The highest BCUT2D eigenvalue weighted by molar-refractivity contribution is 5.60. The first kappa shape index (κ1) is 12.0. The van der Waals surface area contributed by atoms with Crippen LogP contribution in [0.3, 0.4) is 0 Å². The largest absolute Gasteiger partial charge is 0.472 e. The molecule has 2 aromatic heterocycles. The van der Waals surface area contributed by atoms with Crippen molar-refractivity contribution in [3.8, 4) is 11.1 Å². The molecule has 3 rings (SSSR count). The van der Waals surface area contributed by atoms with Gasteiger partial charge in [-0.05, 0) is 18.9 Å². The molecule has 0 aromatic carbocycles. The van der Waals surface area contributed by atoms with Gasteiger partial charge >= 0.3 is 0 Å². The molecule has 1 fully saturated rings. The van der Waals surface area contributed by atoms with E-state index in [2.05, 4.69) is 9.97 Å². The van der Waals surface area contributed by atoms with Crippen molar-refractivity contribution in [1.82, 2.24) is 9.97 Å². The second-order valence-corrected chi connectivity index (χ2v) is 4.81. The third kappa shape index (κ3) is 2.39. The molecular formula is C13H16N4O2. The van der Waals surface area contributed by atoms with E-state index in [0.29, 0.717) is 11.5 Å². The molecule has 3 N–H and O–H groups in total. The maximum atomic E-state index is 12.1. The number of nitrogens with zero attached hydrogens (tertiary/aromatic N) is 2. The fraction of sp³-hybridized carbons (Fsp3) is 0.385. The quantitative estimate of drug-likeness (QED) is 0.839. The van der Waals surface area contributed by atoms with Crippen molar-refractivity contribution in [3.05, 3.63) is 35.1 Å². The smallest absolute Gasteiger partial charge is 0.260 e. The molecule has 1 aliphatic rings. The Morgan fingerprint density at radius 3 is 3.11 bits per heavy atom. The number of aromatic nitrogens is 2. The summed E-state index contributed by atoms with van der Waals surface area (Å²) < 4.78 is 4.98. The van der Waals surface area contributed by atoms with Gasteiger partial charge in [-0.25, -0.2) is 4.98 Å². The van der Waals surface area contributed by atoms with E-state index in [1.807, 2.05) is 4.90 Å². The molecule has 19 heavy (non-hydrogen) atoms. The predicted octanol–water partition coefficient (Wildman–Crippen LogP) is 0.957. The Morgan fingerprint density at radius 2 is 2.42 bits per heavy atom. The lowest BCUT2D eigenvalue weighted by molar-refractivity contribution is 0.499. The molecular weight excluding hydrogens is 244 g/mol. The van der Waals surface area contributed by atoms with Crippen LogP contribution in [0.1, 0.15) is 12.8 Å². The van der Waals surface area contributed by atoms with Gasteiger partial charge in [0.1, 0.15) is 0 Å². The van der Waals surface area contributed by atoms with E-state index in [1.54, 1.807) is 12.3 Å². The Bertz CT molecular complexity index is 605. The number of hydrogen-bond donors (Lipinski definition) is 2. The number of piperidine rings is 1. The van der Waals surface area contributed by atoms with Gasteiger partial charge in [0.05, 0.1) is 18.1 Å². The zero-order valence-corrected chi connectivity index (χ0v) is 10.5. The number of H-pyrrole nitrogens is 1. The Morgan fingerprint density at radius 1 is 1.53 bits per heavy atom. The van der Waals surface area contributed by atoms with Gasteiger partial charge in [-0.1, -0.05) is 0 Å². The summed E-state index contributed by atoms with van der Waals surface area (Å²) in [6.45, 7) is 1.61. The van der Waals surface area contributed by atoms with Gasteiger partial charge < -0.3 is 15.1 Å². The Kier molecular flexibility index (Phi) is 3.08. The minimum absolute atomic E-state index is 0.146. The summed E-state index contributed by atoms with van der Waals surface area (Å²) in [7, 11) is 0. The van der Waals surface area contributed by atoms with E-state index in [0.717, 1.165) is 31.5 Å². The van der Waals surface area contributed by atoms with Gasteiger partial charge in [-0.2, -0.15) is 0 Å². The number of nitrogens with one attached hydrogen (secondary N) is 1. The summed E-state index contributed by atoms with van der Waals surface area (Å²) in [5.41, 5.74) is 7.02. The lowest BCUT2D eigenvalue weighted by Crippen LogP contribution is -2.44. The summed E-state index contributed by atoms with van der Waals surface area (Å²) in [5, 5.41) is 0. The Balaban J connectivity index is 1.89. The standard InChI is InChI=1S/C13H16N4O2/c14-10-2-1-4-17(7-10)13-15-6-11(12(18)16-13)9-3-5-19-8-9/h3,5-6,8,10H,1-2,4,7,14H2,(H,15,16,18)/t10-/m1/s1. The van der Waals surface area contributed by atoms with Crippen molar-refractivity contribution in [2.75, 3.05) is 18.0 Å². The number of nitrogens with two attached hydrogens (primary N) is 1. The van der Waals surface area contributed by atoms with Crippen LogP contribution >= 0.6 is 0 Å². The molecule has 100 valence electrons. The fourth-order valence-electron chi connectivity index (χ4n) is 2.37. The van der Waals surface area contributed by atoms with Crippen LogP contribution in [0.5, 0.6) is 0 Å². The van der Waals surface area contributed by atoms with E-state index in [4.69, 9.17) is 10.2 Å². The zero-order chi connectivity index (χ0) is 13.2. The van der Waals surface area contributed by atoms with Crippen LogP contribution < -0.4 is 16.2 Å². The van der Waals surface area contributed by atoms with Gasteiger partial charge in [0.25, 0.3) is 5.56 Å². The highest BCUT2D eigenvalue weighted by atomic mass is 16.3. The lowest BCUT2D eigenvalue weighted by atomic mass is 10.1. The molecule has 2 aromatic rings. The average Bonchev–Trinajstić information content (AvgIpc) is 2.92. The first-order valence-corrected chi connectivity index (χ1v) is 6.36. The van der Waals surface area contributed by atoms with Crippen LogP contribution in [0, 0.1) is 0 Å². The third-order valence-electron chi connectivity index (χ3n) is 3.38. The molecule has 0 amide bonds. The lowest BCUT2D eigenvalue weighted by Gasteiger charge is -2.30. The van der Waals surface area contributed by atoms with Crippen LogP contribution in [0.25, 0.3) is 11.1 Å². The highest BCUT2D eigenvalue weighted by Gasteiger charge is 2.19. The fourth-order valence-corrected chi connectivity index (χ4v) is 2.37. The maximum Gasteiger partial charge on any atom is 0.260 e. The molecule has 0 spiro atoms. The van der Waals surface area contributed by atoms with E-state index in [-0.39, 0.29) is 11.6 Å². The van der Waals surface area contributed by atoms with Gasteiger partial charge in [0, 0.05) is 30.9 Å². The first-order chi connectivity index (χ1) is 9.24. The number of rotatable bonds is 2. The predicted molar refractivity (Wildman–Crippen MR) is 72.0 cm³/mol. The van der Waals surface area contributed by atoms with Crippen molar-refractivity contribution in [1.29, 1.82) is 0 Å². The van der Waals surface area contributed by atoms with Crippen LogP contribution in [-0.4, -0.2) is 29.1 Å². The highest BCUT2D eigenvalue weighted by Crippen LogP contribution is 2.17. The molecule has 6 nitrogen and oxygen atoms in total. The summed E-state index contributed by atoms with van der Waals surface area (Å²) in [6, 6.07) is 1.88. The molecule has 0 unspecified atom stereocenters. The van der Waals surface area contributed by atoms with Crippen LogP contribution in [0.15, 0.2) is 34.0 Å². The number of anilines is 1. The second-order valence-electron chi connectivity index (χ2n) is 4.81. The average molecular weight is 260 g/mol. The Labute approximate surface area is 110 Å². The van der Waals surface area contributed by atoms with Crippen molar-refractivity contribution in [2.45, 2.75) is 18.9 Å². The van der Waals surface area contributed by atoms with Crippen molar-refractivity contribution < 1.29 is 4.42 Å².